The third-order valence-corrected chi connectivity index (χ3v) is 7.24. The summed E-state index contributed by atoms with van der Waals surface area (Å²) in [5.41, 5.74) is 2.45. The van der Waals surface area contributed by atoms with Gasteiger partial charge in [-0.2, -0.15) is 0 Å². The molecule has 0 radical (unpaired) electrons. The summed E-state index contributed by atoms with van der Waals surface area (Å²) >= 11 is 1.78. The standard InChI is InChI=1S/C22H34N4O2S/c1-5-19-20(27)26(21(29-19)18-8-6-17(4)7-9-18)15-12-24-10-13-25(14-11-24)22(28)23-16(2)3/h6-9,16,19,21H,5,10-15H2,1-4H3,(H,23,28)/t19-,21+/m1/s1. The van der Waals surface area contributed by atoms with E-state index in [1.807, 2.05) is 18.7 Å². The van der Waals surface area contributed by atoms with E-state index in [9.17, 15) is 9.59 Å². The first-order valence-corrected chi connectivity index (χ1v) is 11.6. The highest BCUT2D eigenvalue weighted by Crippen LogP contribution is 2.44. The van der Waals surface area contributed by atoms with Crippen molar-refractivity contribution in [1.82, 2.24) is 20.0 Å². The summed E-state index contributed by atoms with van der Waals surface area (Å²) in [4.78, 5) is 31.4. The van der Waals surface area contributed by atoms with Crippen LogP contribution in [0.5, 0.6) is 0 Å². The molecule has 2 saturated heterocycles. The molecule has 0 bridgehead atoms. The highest BCUT2D eigenvalue weighted by Gasteiger charge is 2.39. The van der Waals surface area contributed by atoms with E-state index in [4.69, 9.17) is 0 Å². The second-order valence-corrected chi connectivity index (χ2v) is 9.55. The Bertz CT molecular complexity index is 701. The van der Waals surface area contributed by atoms with Gasteiger partial charge in [-0.25, -0.2) is 4.79 Å². The van der Waals surface area contributed by atoms with Crippen LogP contribution in [0.1, 0.15) is 43.7 Å². The summed E-state index contributed by atoms with van der Waals surface area (Å²) < 4.78 is 0. The summed E-state index contributed by atoms with van der Waals surface area (Å²) in [7, 11) is 0. The zero-order valence-corrected chi connectivity index (χ0v) is 18.9. The molecule has 7 heteroatoms. The second-order valence-electron chi connectivity index (χ2n) is 8.26. The molecule has 2 fully saturated rings. The Morgan fingerprint density at radius 2 is 1.79 bits per heavy atom. The Kier molecular flexibility index (Phi) is 7.46. The number of benzene rings is 1. The molecule has 29 heavy (non-hydrogen) atoms. The van der Waals surface area contributed by atoms with Crippen molar-refractivity contribution >= 4 is 23.7 Å². The van der Waals surface area contributed by atoms with Crippen LogP contribution in [-0.4, -0.2) is 77.2 Å². The Morgan fingerprint density at radius 1 is 1.14 bits per heavy atom. The van der Waals surface area contributed by atoms with Gasteiger partial charge in [0.1, 0.15) is 5.37 Å². The van der Waals surface area contributed by atoms with Crippen LogP contribution in [0.15, 0.2) is 24.3 Å². The number of hydrogen-bond acceptors (Lipinski definition) is 4. The van der Waals surface area contributed by atoms with Crippen LogP contribution in [0, 0.1) is 6.92 Å². The molecule has 1 N–H and O–H groups in total. The molecule has 0 aromatic heterocycles. The van der Waals surface area contributed by atoms with E-state index in [1.165, 1.54) is 11.1 Å². The van der Waals surface area contributed by atoms with Gasteiger partial charge in [-0.15, -0.1) is 11.8 Å². The Balaban J connectivity index is 1.56. The fourth-order valence-electron chi connectivity index (χ4n) is 3.84. The molecule has 1 aromatic rings. The summed E-state index contributed by atoms with van der Waals surface area (Å²) in [5.74, 6) is 0.262. The maximum Gasteiger partial charge on any atom is 0.317 e. The molecular weight excluding hydrogens is 384 g/mol. The molecule has 2 heterocycles. The van der Waals surface area contributed by atoms with Gasteiger partial charge in [0.2, 0.25) is 5.91 Å². The first-order valence-electron chi connectivity index (χ1n) is 10.7. The van der Waals surface area contributed by atoms with Crippen molar-refractivity contribution in [3.8, 4) is 0 Å². The smallest absolute Gasteiger partial charge is 0.317 e. The van der Waals surface area contributed by atoms with Crippen molar-refractivity contribution in [2.75, 3.05) is 39.3 Å². The van der Waals surface area contributed by atoms with Crippen LogP contribution >= 0.6 is 11.8 Å². The predicted molar refractivity (Wildman–Crippen MR) is 119 cm³/mol. The molecule has 2 aliphatic rings. The lowest BCUT2D eigenvalue weighted by Crippen LogP contribution is -2.53. The molecule has 0 spiro atoms. The molecule has 2 atom stereocenters. The second kappa shape index (κ2) is 9.85. The maximum atomic E-state index is 12.9. The van der Waals surface area contributed by atoms with Crippen LogP contribution in [0.4, 0.5) is 4.79 Å². The van der Waals surface area contributed by atoms with Gasteiger partial charge >= 0.3 is 6.03 Å². The Labute approximate surface area is 179 Å². The molecule has 0 aliphatic carbocycles. The predicted octanol–water partition coefficient (Wildman–Crippen LogP) is 3.08. The fraction of sp³-hybridized carbons (Fsp3) is 0.636. The van der Waals surface area contributed by atoms with Gasteiger partial charge in [-0.3, -0.25) is 9.69 Å². The van der Waals surface area contributed by atoms with Crippen LogP contribution in [-0.2, 0) is 4.79 Å². The summed E-state index contributed by atoms with van der Waals surface area (Å²) in [6.45, 7) is 12.9. The number of aryl methyl sites for hydroxylation is 1. The molecular formula is C22H34N4O2S. The first-order chi connectivity index (χ1) is 13.9. The van der Waals surface area contributed by atoms with E-state index in [0.29, 0.717) is 0 Å². The lowest BCUT2D eigenvalue weighted by molar-refractivity contribution is -0.130. The minimum atomic E-state index is 0.0241. The van der Waals surface area contributed by atoms with Crippen molar-refractivity contribution < 1.29 is 9.59 Å². The monoisotopic (exact) mass is 418 g/mol. The van der Waals surface area contributed by atoms with E-state index in [-0.39, 0.29) is 28.6 Å². The number of nitrogens with one attached hydrogen (secondary N) is 1. The molecule has 3 rings (SSSR count). The molecule has 2 aliphatic heterocycles. The SMILES string of the molecule is CC[C@H]1S[C@@H](c2ccc(C)cc2)N(CCN2CCN(C(=O)NC(C)C)CC2)C1=O. The highest BCUT2D eigenvalue weighted by molar-refractivity contribution is 8.01. The van der Waals surface area contributed by atoms with Crippen molar-refractivity contribution in [2.45, 2.75) is 50.8 Å². The number of rotatable bonds is 6. The topological polar surface area (TPSA) is 55.9 Å². The van der Waals surface area contributed by atoms with Crippen molar-refractivity contribution in [3.63, 3.8) is 0 Å². The third kappa shape index (κ3) is 5.45. The van der Waals surface area contributed by atoms with Gasteiger partial charge in [-0.1, -0.05) is 36.8 Å². The number of piperazine rings is 1. The zero-order valence-electron chi connectivity index (χ0n) is 18.1. The number of urea groups is 1. The van der Waals surface area contributed by atoms with E-state index in [0.717, 1.165) is 45.7 Å². The Morgan fingerprint density at radius 3 is 2.38 bits per heavy atom. The van der Waals surface area contributed by atoms with Crippen LogP contribution in [0.2, 0.25) is 0 Å². The summed E-state index contributed by atoms with van der Waals surface area (Å²) in [5, 5.41) is 3.12. The fourth-order valence-corrected chi connectivity index (χ4v) is 5.26. The minimum Gasteiger partial charge on any atom is -0.336 e. The number of thioether (sulfide) groups is 1. The molecule has 0 unspecified atom stereocenters. The van der Waals surface area contributed by atoms with Gasteiger partial charge in [-0.05, 0) is 32.8 Å². The zero-order chi connectivity index (χ0) is 21.0. The van der Waals surface area contributed by atoms with Crippen LogP contribution in [0.3, 0.4) is 0 Å². The third-order valence-electron chi connectivity index (χ3n) is 5.60. The van der Waals surface area contributed by atoms with Gasteiger partial charge in [0, 0.05) is 45.3 Å². The van der Waals surface area contributed by atoms with E-state index in [2.05, 4.69) is 53.2 Å². The van der Waals surface area contributed by atoms with Gasteiger partial charge in [0.25, 0.3) is 0 Å². The normalized spacial score (nSPS) is 23.1. The van der Waals surface area contributed by atoms with Gasteiger partial charge in [0.15, 0.2) is 0 Å². The number of nitrogens with zero attached hydrogens (tertiary/aromatic N) is 3. The van der Waals surface area contributed by atoms with E-state index in [1.54, 1.807) is 11.8 Å². The van der Waals surface area contributed by atoms with Crippen LogP contribution in [0.25, 0.3) is 0 Å². The first kappa shape index (κ1) is 22.0. The number of carbonyl (C=O) groups is 2. The van der Waals surface area contributed by atoms with Gasteiger partial charge < -0.3 is 15.1 Å². The van der Waals surface area contributed by atoms with Crippen molar-refractivity contribution in [3.05, 3.63) is 35.4 Å². The van der Waals surface area contributed by atoms with Crippen molar-refractivity contribution in [1.29, 1.82) is 0 Å². The van der Waals surface area contributed by atoms with E-state index >= 15 is 0 Å². The van der Waals surface area contributed by atoms with E-state index < -0.39 is 0 Å². The van der Waals surface area contributed by atoms with Crippen LogP contribution < -0.4 is 5.32 Å². The average Bonchev–Trinajstić information content (AvgIpc) is 3.02. The summed E-state index contributed by atoms with van der Waals surface area (Å²) in [6.07, 6.45) is 0.867. The molecule has 160 valence electrons. The number of carbonyl (C=O) groups excluding carboxylic acids is 2. The highest BCUT2D eigenvalue weighted by atomic mass is 32.2. The molecule has 1 aromatic carbocycles. The average molecular weight is 419 g/mol. The van der Waals surface area contributed by atoms with Crippen molar-refractivity contribution in [2.24, 2.45) is 0 Å². The maximum absolute atomic E-state index is 12.9. The lowest BCUT2D eigenvalue weighted by Gasteiger charge is -2.36. The molecule has 6 nitrogen and oxygen atoms in total. The summed E-state index contributed by atoms with van der Waals surface area (Å²) in [6, 6.07) is 8.73. The lowest BCUT2D eigenvalue weighted by atomic mass is 10.1. The quantitative estimate of drug-likeness (QED) is 0.771. The molecule has 0 saturated carbocycles. The Hall–Kier alpha value is -1.73. The van der Waals surface area contributed by atoms with Gasteiger partial charge in [0.05, 0.1) is 5.25 Å². The largest absolute Gasteiger partial charge is 0.336 e. The molecule has 3 amide bonds. The number of hydrogen-bond donors (Lipinski definition) is 1. The minimum absolute atomic E-state index is 0.0241. The number of amides is 3.